The van der Waals surface area contributed by atoms with Crippen LogP contribution in [0.5, 0.6) is 5.75 Å². The maximum atomic E-state index is 15.7. The Morgan fingerprint density at radius 3 is 2.13 bits per heavy atom. The molecule has 0 saturated heterocycles. The van der Waals surface area contributed by atoms with Crippen LogP contribution in [-0.4, -0.2) is 37.9 Å². The van der Waals surface area contributed by atoms with E-state index in [1.807, 2.05) is 0 Å². The normalized spacial score (nSPS) is 12.6. The maximum absolute atomic E-state index is 15.7. The highest BCUT2D eigenvalue weighted by atomic mass is 19.4. The summed E-state index contributed by atoms with van der Waals surface area (Å²) in [5.74, 6) is -2.48. The molecule has 4 rings (SSSR count). The summed E-state index contributed by atoms with van der Waals surface area (Å²) in [5.41, 5.74) is -6.00. The van der Waals surface area contributed by atoms with Crippen molar-refractivity contribution in [3.63, 3.8) is 0 Å². The van der Waals surface area contributed by atoms with E-state index < -0.39 is 76.5 Å². The molecule has 0 radical (unpaired) electrons. The molecule has 4 aromatic rings. The van der Waals surface area contributed by atoms with Gasteiger partial charge in [-0.25, -0.2) is 18.4 Å². The Balaban J connectivity index is 2.09. The van der Waals surface area contributed by atoms with Crippen LogP contribution in [0.4, 0.5) is 26.7 Å². The average molecular weight is 646 g/mol. The third-order valence-electron chi connectivity index (χ3n) is 7.66. The average Bonchev–Trinajstić information content (AvgIpc) is 2.97. The van der Waals surface area contributed by atoms with E-state index in [1.165, 1.54) is 32.2 Å². The number of amides is 1. The Kier molecular flexibility index (Phi) is 9.46. The van der Waals surface area contributed by atoms with Gasteiger partial charge in [0.05, 0.1) is 37.4 Å². The third-order valence-corrected chi connectivity index (χ3v) is 7.66. The third kappa shape index (κ3) is 6.53. The fourth-order valence-corrected chi connectivity index (χ4v) is 5.53. The first-order valence-electron chi connectivity index (χ1n) is 14.1. The Morgan fingerprint density at radius 2 is 1.57 bits per heavy atom. The molecule has 0 unspecified atom stereocenters. The molecule has 1 aromatic heterocycles. The van der Waals surface area contributed by atoms with Gasteiger partial charge in [0.25, 0.3) is 5.56 Å². The quantitative estimate of drug-likeness (QED) is 0.212. The molecule has 0 spiro atoms. The molecule has 1 amide bonds. The van der Waals surface area contributed by atoms with Crippen LogP contribution in [0.3, 0.4) is 0 Å². The number of benzene rings is 3. The Bertz CT molecular complexity index is 1880. The van der Waals surface area contributed by atoms with Gasteiger partial charge < -0.3 is 9.84 Å². The van der Waals surface area contributed by atoms with E-state index in [-0.39, 0.29) is 17.0 Å². The second-order valence-corrected chi connectivity index (χ2v) is 11.6. The highest BCUT2D eigenvalue weighted by Crippen LogP contribution is 2.35. The van der Waals surface area contributed by atoms with Crippen molar-refractivity contribution in [1.82, 2.24) is 14.0 Å². The lowest BCUT2D eigenvalue weighted by atomic mass is 9.98. The minimum Gasteiger partial charge on any atom is -0.494 e. The number of hydrogen-bond acceptors (Lipinski definition) is 4. The molecule has 0 aliphatic carbocycles. The fourth-order valence-electron chi connectivity index (χ4n) is 5.53. The predicted molar refractivity (Wildman–Crippen MR) is 161 cm³/mol. The lowest BCUT2D eigenvalue weighted by molar-refractivity contribution is -0.138. The van der Waals surface area contributed by atoms with E-state index >= 15 is 8.78 Å². The van der Waals surface area contributed by atoms with Crippen LogP contribution >= 0.6 is 0 Å². The van der Waals surface area contributed by atoms with Gasteiger partial charge in [0.15, 0.2) is 11.6 Å². The summed E-state index contributed by atoms with van der Waals surface area (Å²) in [6.45, 7) is 4.50. The first-order valence-corrected chi connectivity index (χ1v) is 14.1. The van der Waals surface area contributed by atoms with Crippen molar-refractivity contribution in [2.75, 3.05) is 7.11 Å². The molecule has 1 N–H and O–H groups in total. The molecule has 3 aromatic carbocycles. The van der Waals surface area contributed by atoms with E-state index in [9.17, 15) is 32.7 Å². The second-order valence-electron chi connectivity index (χ2n) is 11.6. The minimum absolute atomic E-state index is 0.239. The number of methoxy groups -OCH3 is 1. The maximum Gasteiger partial charge on any atom is 0.416 e. The van der Waals surface area contributed by atoms with E-state index in [4.69, 9.17) is 4.74 Å². The molecule has 1 atom stereocenters. The zero-order valence-electron chi connectivity index (χ0n) is 25.7. The summed E-state index contributed by atoms with van der Waals surface area (Å²) in [6.07, 6.45) is -6.36. The van der Waals surface area contributed by atoms with Crippen molar-refractivity contribution in [2.24, 2.45) is 0 Å². The van der Waals surface area contributed by atoms with Gasteiger partial charge in [-0.05, 0) is 51.5 Å². The van der Waals surface area contributed by atoms with Gasteiger partial charge >= 0.3 is 18.0 Å². The smallest absolute Gasteiger partial charge is 0.416 e. The molecule has 0 aliphatic heterocycles. The Hall–Kier alpha value is -4.94. The summed E-state index contributed by atoms with van der Waals surface area (Å²) in [5, 5.41) is 10.3. The molecular formula is C33H32F5N3O5. The largest absolute Gasteiger partial charge is 0.494 e. The summed E-state index contributed by atoms with van der Waals surface area (Å²) in [7, 11) is 1.20. The van der Waals surface area contributed by atoms with Gasteiger partial charge in [-0.15, -0.1) is 0 Å². The molecule has 0 bridgehead atoms. The number of ether oxygens (including phenoxy) is 1. The summed E-state index contributed by atoms with van der Waals surface area (Å²) in [4.78, 5) is 42.0. The molecule has 0 saturated carbocycles. The molecular weight excluding hydrogens is 613 g/mol. The molecule has 244 valence electrons. The number of rotatable bonds is 8. The summed E-state index contributed by atoms with van der Waals surface area (Å²) in [6, 6.07) is 13.2. The highest BCUT2D eigenvalue weighted by molar-refractivity contribution is 5.68. The van der Waals surface area contributed by atoms with Crippen LogP contribution in [0.2, 0.25) is 0 Å². The molecule has 0 aliphatic rings. The number of hydrogen-bond donors (Lipinski definition) is 1. The number of aromatic nitrogens is 2. The van der Waals surface area contributed by atoms with Crippen LogP contribution in [-0.2, 0) is 19.3 Å². The van der Waals surface area contributed by atoms with Crippen molar-refractivity contribution >= 4 is 6.09 Å². The van der Waals surface area contributed by atoms with Gasteiger partial charge in [-0.3, -0.25) is 18.8 Å². The topological polar surface area (TPSA) is 93.8 Å². The number of carboxylic acid groups (broad SMARTS) is 1. The van der Waals surface area contributed by atoms with Gasteiger partial charge in [0, 0.05) is 22.4 Å². The first kappa shape index (κ1) is 33.9. The van der Waals surface area contributed by atoms with Crippen LogP contribution in [0, 0.1) is 18.6 Å². The van der Waals surface area contributed by atoms with Crippen LogP contribution in [0.1, 0.15) is 49.2 Å². The van der Waals surface area contributed by atoms with Crippen LogP contribution in [0.15, 0.2) is 76.3 Å². The molecule has 13 heteroatoms. The SMILES string of the molecule is COc1cccc(-c2c(C)n(Cc3c(F)cccc3C(F)(F)F)c(=O)n(C[C@@H](c3ccccc3)N(C(=O)O)C(C)(C)C)c2=O)c1F. The zero-order chi connectivity index (χ0) is 34.1. The van der Waals surface area contributed by atoms with Crippen LogP contribution < -0.4 is 16.0 Å². The standard InChI is InChI=1S/C33H32F5N3O5/c1-19-27(21-13-9-16-26(46-5)28(21)35)29(42)40(18-25(20-11-7-6-8-12-20)41(31(44)45)32(2,3)4)30(43)39(19)17-22-23(33(36,37)38)14-10-15-24(22)34/h6-16,25H,17-18H2,1-5H3,(H,44,45)/t25-/m0/s1. The number of alkyl halides is 3. The van der Waals surface area contributed by atoms with E-state index in [1.54, 1.807) is 51.1 Å². The van der Waals surface area contributed by atoms with E-state index in [0.29, 0.717) is 16.2 Å². The van der Waals surface area contributed by atoms with Crippen molar-refractivity contribution < 1.29 is 36.6 Å². The van der Waals surface area contributed by atoms with Gasteiger partial charge in [-0.1, -0.05) is 48.5 Å². The fraction of sp³-hybridized carbons (Fsp3) is 0.303. The van der Waals surface area contributed by atoms with Crippen molar-refractivity contribution in [3.05, 3.63) is 122 Å². The van der Waals surface area contributed by atoms with Gasteiger partial charge in [0.2, 0.25) is 0 Å². The number of carbonyl (C=O) groups is 1. The first-order chi connectivity index (χ1) is 21.5. The van der Waals surface area contributed by atoms with Crippen molar-refractivity contribution in [3.8, 4) is 16.9 Å². The van der Waals surface area contributed by atoms with Crippen molar-refractivity contribution in [1.29, 1.82) is 0 Å². The van der Waals surface area contributed by atoms with E-state index in [2.05, 4.69) is 0 Å². The van der Waals surface area contributed by atoms with E-state index in [0.717, 1.165) is 21.6 Å². The lowest BCUT2D eigenvalue weighted by Crippen LogP contribution is -2.51. The monoisotopic (exact) mass is 645 g/mol. The number of nitrogens with zero attached hydrogens (tertiary/aromatic N) is 3. The van der Waals surface area contributed by atoms with Crippen LogP contribution in [0.25, 0.3) is 11.1 Å². The Morgan fingerprint density at radius 1 is 0.935 bits per heavy atom. The molecule has 1 heterocycles. The lowest BCUT2D eigenvalue weighted by Gasteiger charge is -2.40. The molecule has 8 nitrogen and oxygen atoms in total. The van der Waals surface area contributed by atoms with Crippen molar-refractivity contribution in [2.45, 2.75) is 58.5 Å². The Labute approximate surface area is 260 Å². The second kappa shape index (κ2) is 12.8. The zero-order valence-corrected chi connectivity index (χ0v) is 25.7. The minimum atomic E-state index is -4.99. The molecule has 0 fully saturated rings. The van der Waals surface area contributed by atoms with Gasteiger partial charge in [-0.2, -0.15) is 13.2 Å². The number of halogens is 5. The molecule has 46 heavy (non-hydrogen) atoms. The van der Waals surface area contributed by atoms with Gasteiger partial charge in [0.1, 0.15) is 5.82 Å². The highest BCUT2D eigenvalue weighted by Gasteiger charge is 2.37. The predicted octanol–water partition coefficient (Wildman–Crippen LogP) is 6.86. The summed E-state index contributed by atoms with van der Waals surface area (Å²) >= 11 is 0. The summed E-state index contributed by atoms with van der Waals surface area (Å²) < 4.78 is 79.0.